The summed E-state index contributed by atoms with van der Waals surface area (Å²) in [5.74, 6) is 1.55. The first-order valence-corrected chi connectivity index (χ1v) is 5.82. The van der Waals surface area contributed by atoms with E-state index in [0.29, 0.717) is 11.5 Å². The van der Waals surface area contributed by atoms with Crippen molar-refractivity contribution in [3.8, 4) is 0 Å². The number of nitrogens with zero attached hydrogens (tertiary/aromatic N) is 4. The van der Waals surface area contributed by atoms with Crippen LogP contribution < -0.4 is 11.1 Å². The van der Waals surface area contributed by atoms with Crippen molar-refractivity contribution in [1.82, 2.24) is 19.7 Å². The number of aromatic nitrogens is 4. The second-order valence-electron chi connectivity index (χ2n) is 3.96. The van der Waals surface area contributed by atoms with Gasteiger partial charge in [-0.05, 0) is 19.1 Å². The molecular weight excluding hydrogens is 248 g/mol. The van der Waals surface area contributed by atoms with Gasteiger partial charge in [-0.2, -0.15) is 0 Å². The van der Waals surface area contributed by atoms with Gasteiger partial charge in [-0.1, -0.05) is 12.2 Å². The first kappa shape index (κ1) is 12.4. The summed E-state index contributed by atoms with van der Waals surface area (Å²) in [6, 6.07) is 3.68. The van der Waals surface area contributed by atoms with E-state index in [9.17, 15) is 0 Å². The molecule has 0 aromatic carbocycles. The van der Waals surface area contributed by atoms with Crippen LogP contribution in [0, 0.1) is 6.92 Å². The largest absolute Gasteiger partial charge is 0.389 e. The Bertz CT molecular complexity index is 577. The molecule has 0 aliphatic rings. The van der Waals surface area contributed by atoms with E-state index in [1.165, 1.54) is 0 Å². The summed E-state index contributed by atoms with van der Waals surface area (Å²) in [5.41, 5.74) is 7.28. The van der Waals surface area contributed by atoms with Gasteiger partial charge in [0.05, 0.1) is 6.54 Å². The van der Waals surface area contributed by atoms with Crippen LogP contribution in [-0.4, -0.2) is 24.7 Å². The minimum Gasteiger partial charge on any atom is -0.389 e. The summed E-state index contributed by atoms with van der Waals surface area (Å²) in [7, 11) is 1.89. The zero-order valence-electron chi connectivity index (χ0n) is 10.2. The summed E-state index contributed by atoms with van der Waals surface area (Å²) in [6.45, 7) is 2.44. The number of nitrogens with one attached hydrogen (secondary N) is 1. The fraction of sp³-hybridized carbons (Fsp3) is 0.273. The summed E-state index contributed by atoms with van der Waals surface area (Å²) >= 11 is 4.96. The van der Waals surface area contributed by atoms with Crippen molar-refractivity contribution in [3.63, 3.8) is 0 Å². The van der Waals surface area contributed by atoms with E-state index in [-0.39, 0.29) is 0 Å². The monoisotopic (exact) mass is 262 g/mol. The molecule has 94 valence electrons. The summed E-state index contributed by atoms with van der Waals surface area (Å²) in [5, 5.41) is 11.0. The molecule has 0 aliphatic carbocycles. The van der Waals surface area contributed by atoms with Crippen LogP contribution in [0.15, 0.2) is 18.5 Å². The maximum atomic E-state index is 5.62. The number of aryl methyl sites for hydroxylation is 2. The SMILES string of the molecule is Cc1cc(C(N)=S)cc(NCc2nncn2C)n1. The smallest absolute Gasteiger partial charge is 0.151 e. The zero-order chi connectivity index (χ0) is 13.1. The Morgan fingerprint density at radius 1 is 1.50 bits per heavy atom. The highest BCUT2D eigenvalue weighted by atomic mass is 32.1. The van der Waals surface area contributed by atoms with Crippen molar-refractivity contribution in [2.24, 2.45) is 12.8 Å². The molecule has 0 amide bonds. The summed E-state index contributed by atoms with van der Waals surface area (Å²) in [6.07, 6.45) is 1.65. The Hall–Kier alpha value is -2.02. The molecule has 7 heteroatoms. The molecule has 2 rings (SSSR count). The van der Waals surface area contributed by atoms with E-state index in [4.69, 9.17) is 18.0 Å². The molecule has 0 fully saturated rings. The Balaban J connectivity index is 2.14. The molecule has 2 heterocycles. The second-order valence-corrected chi connectivity index (χ2v) is 4.40. The van der Waals surface area contributed by atoms with Gasteiger partial charge >= 0.3 is 0 Å². The summed E-state index contributed by atoms with van der Waals surface area (Å²) in [4.78, 5) is 4.72. The van der Waals surface area contributed by atoms with Gasteiger partial charge in [0, 0.05) is 18.3 Å². The van der Waals surface area contributed by atoms with Crippen molar-refractivity contribution >= 4 is 23.0 Å². The molecule has 0 saturated heterocycles. The van der Waals surface area contributed by atoms with Crippen LogP contribution in [0.5, 0.6) is 0 Å². The second kappa shape index (κ2) is 5.09. The lowest BCUT2D eigenvalue weighted by Crippen LogP contribution is -2.12. The molecule has 6 nitrogen and oxygen atoms in total. The minimum atomic E-state index is 0.363. The van der Waals surface area contributed by atoms with Crippen molar-refractivity contribution in [2.45, 2.75) is 13.5 Å². The van der Waals surface area contributed by atoms with E-state index < -0.39 is 0 Å². The van der Waals surface area contributed by atoms with Gasteiger partial charge in [0.2, 0.25) is 0 Å². The third kappa shape index (κ3) is 2.80. The van der Waals surface area contributed by atoms with Crippen LogP contribution in [0.1, 0.15) is 17.1 Å². The fourth-order valence-electron chi connectivity index (χ4n) is 1.54. The average molecular weight is 262 g/mol. The van der Waals surface area contributed by atoms with E-state index in [2.05, 4.69) is 20.5 Å². The van der Waals surface area contributed by atoms with E-state index >= 15 is 0 Å². The van der Waals surface area contributed by atoms with Crippen LogP contribution in [0.2, 0.25) is 0 Å². The predicted molar refractivity (Wildman–Crippen MR) is 73.2 cm³/mol. The maximum Gasteiger partial charge on any atom is 0.151 e. The molecule has 0 unspecified atom stereocenters. The Morgan fingerprint density at radius 2 is 2.28 bits per heavy atom. The molecule has 0 saturated carbocycles. The number of rotatable bonds is 4. The third-order valence-corrected chi connectivity index (χ3v) is 2.71. The van der Waals surface area contributed by atoms with Crippen LogP contribution in [-0.2, 0) is 13.6 Å². The van der Waals surface area contributed by atoms with Gasteiger partial charge in [-0.25, -0.2) is 4.98 Å². The third-order valence-electron chi connectivity index (χ3n) is 2.47. The minimum absolute atomic E-state index is 0.363. The topological polar surface area (TPSA) is 81.6 Å². The van der Waals surface area contributed by atoms with Gasteiger partial charge in [0.15, 0.2) is 5.82 Å². The van der Waals surface area contributed by atoms with Crippen LogP contribution in [0.4, 0.5) is 5.82 Å². The standard InChI is InChI=1S/C11H14N6S/c1-7-3-8(11(12)18)4-9(15-7)13-5-10-16-14-6-17(10)2/h3-4,6H,5H2,1-2H3,(H2,12,18)(H,13,15). The van der Waals surface area contributed by atoms with Crippen LogP contribution in [0.3, 0.4) is 0 Å². The number of thiocarbonyl (C=S) groups is 1. The van der Waals surface area contributed by atoms with E-state index in [1.807, 2.05) is 30.7 Å². The predicted octanol–water partition coefficient (Wildman–Crippen LogP) is 0.765. The quantitative estimate of drug-likeness (QED) is 0.792. The number of anilines is 1. The molecule has 2 aromatic rings. The molecule has 18 heavy (non-hydrogen) atoms. The average Bonchev–Trinajstić information content (AvgIpc) is 2.71. The normalized spacial score (nSPS) is 10.3. The van der Waals surface area contributed by atoms with Crippen molar-refractivity contribution < 1.29 is 0 Å². The Kier molecular flexibility index (Phi) is 3.52. The van der Waals surface area contributed by atoms with Crippen LogP contribution >= 0.6 is 12.2 Å². The number of hydrogen-bond acceptors (Lipinski definition) is 5. The lowest BCUT2D eigenvalue weighted by atomic mass is 10.2. The van der Waals surface area contributed by atoms with Gasteiger partial charge in [0.25, 0.3) is 0 Å². The number of hydrogen-bond donors (Lipinski definition) is 2. The lowest BCUT2D eigenvalue weighted by molar-refractivity contribution is 0.810. The van der Waals surface area contributed by atoms with Crippen molar-refractivity contribution in [3.05, 3.63) is 35.5 Å². The first-order valence-electron chi connectivity index (χ1n) is 5.41. The van der Waals surface area contributed by atoms with Crippen LogP contribution in [0.25, 0.3) is 0 Å². The maximum absolute atomic E-state index is 5.62. The lowest BCUT2D eigenvalue weighted by Gasteiger charge is -2.08. The molecule has 0 atom stereocenters. The highest BCUT2D eigenvalue weighted by molar-refractivity contribution is 7.80. The molecule has 0 aliphatic heterocycles. The van der Waals surface area contributed by atoms with Crippen molar-refractivity contribution in [2.75, 3.05) is 5.32 Å². The zero-order valence-corrected chi connectivity index (χ0v) is 11.0. The van der Waals surface area contributed by atoms with Gasteiger partial charge in [-0.3, -0.25) is 0 Å². The number of pyridine rings is 1. The highest BCUT2D eigenvalue weighted by Gasteiger charge is 2.04. The fourth-order valence-corrected chi connectivity index (χ4v) is 1.66. The van der Waals surface area contributed by atoms with E-state index in [1.54, 1.807) is 6.33 Å². The molecule has 2 aromatic heterocycles. The van der Waals surface area contributed by atoms with Crippen molar-refractivity contribution in [1.29, 1.82) is 0 Å². The van der Waals surface area contributed by atoms with E-state index in [0.717, 1.165) is 22.9 Å². The molecule has 0 bridgehead atoms. The molecular formula is C11H14N6S. The molecule has 3 N–H and O–H groups in total. The van der Waals surface area contributed by atoms with Gasteiger partial charge in [0.1, 0.15) is 17.1 Å². The summed E-state index contributed by atoms with van der Waals surface area (Å²) < 4.78 is 1.84. The van der Waals surface area contributed by atoms with Gasteiger partial charge < -0.3 is 15.6 Å². The highest BCUT2D eigenvalue weighted by Crippen LogP contribution is 2.11. The first-order chi connectivity index (χ1) is 8.56. The Morgan fingerprint density at radius 3 is 2.89 bits per heavy atom. The van der Waals surface area contributed by atoms with Gasteiger partial charge in [-0.15, -0.1) is 10.2 Å². The molecule has 0 spiro atoms. The molecule has 0 radical (unpaired) electrons. The number of nitrogens with two attached hydrogens (primary N) is 1. The Labute approximate surface area is 110 Å².